The van der Waals surface area contributed by atoms with Crippen LogP contribution in [-0.4, -0.2) is 22.2 Å². The van der Waals surface area contributed by atoms with Gasteiger partial charge in [0.05, 0.1) is 5.69 Å². The third kappa shape index (κ3) is 5.56. The summed E-state index contributed by atoms with van der Waals surface area (Å²) < 4.78 is 5.78. The van der Waals surface area contributed by atoms with Crippen molar-refractivity contribution in [3.8, 4) is 11.5 Å². The molecule has 0 aliphatic carbocycles. The first-order valence-electron chi connectivity index (χ1n) is 10.4. The second-order valence-electron chi connectivity index (χ2n) is 7.18. The maximum Gasteiger partial charge on any atom is 0.240 e. The zero-order valence-corrected chi connectivity index (χ0v) is 18.4. The summed E-state index contributed by atoms with van der Waals surface area (Å²) in [7, 11) is 0. The lowest BCUT2D eigenvalue weighted by molar-refractivity contribution is -0.122. The highest BCUT2D eigenvalue weighted by molar-refractivity contribution is 8.15. The molecule has 6 nitrogen and oxygen atoms in total. The third-order valence-corrected chi connectivity index (χ3v) is 5.95. The van der Waals surface area contributed by atoms with Gasteiger partial charge >= 0.3 is 0 Å². The van der Waals surface area contributed by atoms with Gasteiger partial charge in [-0.2, -0.15) is 0 Å². The molecule has 1 atom stereocenters. The first-order chi connectivity index (χ1) is 15.6. The summed E-state index contributed by atoms with van der Waals surface area (Å²) in [5, 5.41) is 5.65. The largest absolute Gasteiger partial charge is 0.457 e. The Bertz CT molecular complexity index is 1130. The third-order valence-electron chi connectivity index (χ3n) is 4.87. The number of ether oxygens (including phenoxy) is 1. The zero-order chi connectivity index (χ0) is 22.3. The molecule has 1 aliphatic rings. The van der Waals surface area contributed by atoms with Crippen LogP contribution in [-0.2, 0) is 16.0 Å². The molecule has 3 aromatic rings. The minimum Gasteiger partial charge on any atom is -0.457 e. The minimum atomic E-state index is -0.511. The van der Waals surface area contributed by atoms with E-state index in [0.29, 0.717) is 16.6 Å². The molecule has 0 bridgehead atoms. The van der Waals surface area contributed by atoms with Crippen molar-refractivity contribution in [1.29, 1.82) is 0 Å². The number of thioether (sulfide) groups is 1. The van der Waals surface area contributed by atoms with Crippen LogP contribution in [0.15, 0.2) is 83.9 Å². The first kappa shape index (κ1) is 21.6. The number of hydrogen-bond donors (Lipinski definition) is 2. The van der Waals surface area contributed by atoms with Gasteiger partial charge in [0.15, 0.2) is 5.17 Å². The average Bonchev–Trinajstić information content (AvgIpc) is 3.14. The highest BCUT2D eigenvalue weighted by Gasteiger charge is 2.32. The van der Waals surface area contributed by atoms with Crippen LogP contribution in [0.2, 0.25) is 0 Å². The van der Waals surface area contributed by atoms with Crippen molar-refractivity contribution in [2.24, 2.45) is 4.99 Å². The van der Waals surface area contributed by atoms with Crippen molar-refractivity contribution in [3.05, 3.63) is 84.4 Å². The van der Waals surface area contributed by atoms with E-state index in [1.165, 1.54) is 11.8 Å². The van der Waals surface area contributed by atoms with Crippen LogP contribution in [0.3, 0.4) is 0 Å². The molecule has 0 aromatic heterocycles. The Morgan fingerprint density at radius 3 is 2.44 bits per heavy atom. The van der Waals surface area contributed by atoms with E-state index < -0.39 is 5.25 Å². The lowest BCUT2D eigenvalue weighted by Crippen LogP contribution is -2.28. The SMILES string of the molecule is CCc1ccccc1NC(=O)CC1SC(=Nc2ccc(Oc3ccccc3)cc2)NC1=O. The highest BCUT2D eigenvalue weighted by Crippen LogP contribution is 2.28. The minimum absolute atomic E-state index is 0.0808. The van der Waals surface area contributed by atoms with E-state index in [4.69, 9.17) is 4.74 Å². The number of carbonyl (C=O) groups is 2. The molecule has 7 heteroatoms. The van der Waals surface area contributed by atoms with E-state index in [9.17, 15) is 9.59 Å². The summed E-state index contributed by atoms with van der Waals surface area (Å²) in [6, 6.07) is 24.5. The normalized spacial score (nSPS) is 16.6. The van der Waals surface area contributed by atoms with E-state index >= 15 is 0 Å². The van der Waals surface area contributed by atoms with Crippen molar-refractivity contribution in [3.63, 3.8) is 0 Å². The number of carbonyl (C=O) groups excluding carboxylic acids is 2. The van der Waals surface area contributed by atoms with E-state index in [2.05, 4.69) is 15.6 Å². The van der Waals surface area contributed by atoms with Crippen LogP contribution in [0.5, 0.6) is 11.5 Å². The van der Waals surface area contributed by atoms with Gasteiger partial charge in [0.1, 0.15) is 16.7 Å². The Kier molecular flexibility index (Phi) is 6.87. The first-order valence-corrected chi connectivity index (χ1v) is 11.3. The topological polar surface area (TPSA) is 79.8 Å². The summed E-state index contributed by atoms with van der Waals surface area (Å²) in [6.07, 6.45) is 0.901. The molecule has 2 amide bonds. The van der Waals surface area contributed by atoms with Crippen molar-refractivity contribution < 1.29 is 14.3 Å². The lowest BCUT2D eigenvalue weighted by atomic mass is 10.1. The Morgan fingerprint density at radius 1 is 1.00 bits per heavy atom. The Morgan fingerprint density at radius 2 is 1.69 bits per heavy atom. The monoisotopic (exact) mass is 445 g/mol. The van der Waals surface area contributed by atoms with Gasteiger partial charge in [0.2, 0.25) is 11.8 Å². The Hall–Kier alpha value is -3.58. The lowest BCUT2D eigenvalue weighted by Gasteiger charge is -2.10. The van der Waals surface area contributed by atoms with Crippen LogP contribution >= 0.6 is 11.8 Å². The number of nitrogens with zero attached hydrogens (tertiary/aromatic N) is 1. The van der Waals surface area contributed by atoms with Crippen LogP contribution in [0.25, 0.3) is 0 Å². The molecule has 0 radical (unpaired) electrons. The van der Waals surface area contributed by atoms with Crippen LogP contribution in [0, 0.1) is 0 Å². The summed E-state index contributed by atoms with van der Waals surface area (Å²) in [4.78, 5) is 29.3. The number of hydrogen-bond acceptors (Lipinski definition) is 5. The molecule has 1 aliphatic heterocycles. The number of aryl methyl sites for hydroxylation is 1. The van der Waals surface area contributed by atoms with Crippen molar-refractivity contribution in [2.45, 2.75) is 25.0 Å². The summed E-state index contributed by atoms with van der Waals surface area (Å²) in [6.45, 7) is 2.04. The molecule has 3 aromatic carbocycles. The number of amidine groups is 1. The quantitative estimate of drug-likeness (QED) is 0.518. The summed E-state index contributed by atoms with van der Waals surface area (Å²) in [5.74, 6) is 1.05. The molecule has 32 heavy (non-hydrogen) atoms. The maximum atomic E-state index is 12.5. The standard InChI is InChI=1S/C25H23N3O3S/c1-2-17-8-6-7-11-21(17)27-23(29)16-22-24(30)28-25(32-22)26-18-12-14-20(15-13-18)31-19-9-4-3-5-10-19/h3-15,22H,2,16H2,1H3,(H,27,29)(H,26,28,30). The molecule has 1 saturated heterocycles. The zero-order valence-electron chi connectivity index (χ0n) is 17.6. The highest BCUT2D eigenvalue weighted by atomic mass is 32.2. The molecule has 162 valence electrons. The second kappa shape index (κ2) is 10.2. The number of nitrogens with one attached hydrogen (secondary N) is 2. The van der Waals surface area contributed by atoms with Gasteiger partial charge in [-0.3, -0.25) is 9.59 Å². The van der Waals surface area contributed by atoms with Gasteiger partial charge in [0.25, 0.3) is 0 Å². The van der Waals surface area contributed by atoms with Gasteiger partial charge in [-0.15, -0.1) is 0 Å². The molecule has 0 saturated carbocycles. The molecule has 1 unspecified atom stereocenters. The predicted octanol–water partition coefficient (Wildman–Crippen LogP) is 5.29. The van der Waals surface area contributed by atoms with E-state index in [1.54, 1.807) is 0 Å². The predicted molar refractivity (Wildman–Crippen MR) is 129 cm³/mol. The number of rotatable bonds is 7. The van der Waals surface area contributed by atoms with Gasteiger partial charge in [-0.05, 0) is 54.4 Å². The fourth-order valence-electron chi connectivity index (χ4n) is 3.24. The summed E-state index contributed by atoms with van der Waals surface area (Å²) in [5.41, 5.74) is 2.54. The molecule has 1 heterocycles. The molecular weight excluding hydrogens is 422 g/mol. The van der Waals surface area contributed by atoms with Crippen LogP contribution in [0.4, 0.5) is 11.4 Å². The second-order valence-corrected chi connectivity index (χ2v) is 8.38. The van der Waals surface area contributed by atoms with E-state index in [1.807, 2.05) is 85.8 Å². The molecule has 4 rings (SSSR count). The van der Waals surface area contributed by atoms with Crippen LogP contribution in [0.1, 0.15) is 18.9 Å². The number of anilines is 1. The van der Waals surface area contributed by atoms with E-state index in [0.717, 1.165) is 23.4 Å². The van der Waals surface area contributed by atoms with Crippen molar-refractivity contribution in [2.75, 3.05) is 5.32 Å². The number of aliphatic imine (C=N–C) groups is 1. The molecule has 2 N–H and O–H groups in total. The van der Waals surface area contributed by atoms with E-state index in [-0.39, 0.29) is 18.2 Å². The number of benzene rings is 3. The Labute approximate surface area is 191 Å². The van der Waals surface area contributed by atoms with Crippen molar-refractivity contribution in [1.82, 2.24) is 5.32 Å². The van der Waals surface area contributed by atoms with Crippen molar-refractivity contribution >= 4 is 40.1 Å². The van der Waals surface area contributed by atoms with Gasteiger partial charge in [-0.1, -0.05) is 55.1 Å². The molecule has 1 fully saturated rings. The fraction of sp³-hybridized carbons (Fsp3) is 0.160. The van der Waals surface area contributed by atoms with Gasteiger partial charge in [-0.25, -0.2) is 4.99 Å². The summed E-state index contributed by atoms with van der Waals surface area (Å²) >= 11 is 1.27. The molecule has 0 spiro atoms. The molecular formula is C25H23N3O3S. The smallest absolute Gasteiger partial charge is 0.240 e. The van der Waals surface area contributed by atoms with Gasteiger partial charge < -0.3 is 15.4 Å². The number of amides is 2. The van der Waals surface area contributed by atoms with Gasteiger partial charge in [0, 0.05) is 12.1 Å². The fourth-order valence-corrected chi connectivity index (χ4v) is 4.23. The number of para-hydroxylation sites is 2. The maximum absolute atomic E-state index is 12.5. The van der Waals surface area contributed by atoms with Crippen LogP contribution < -0.4 is 15.4 Å². The average molecular weight is 446 g/mol. The Balaban J connectivity index is 1.35.